The van der Waals surface area contributed by atoms with E-state index in [0.29, 0.717) is 13.1 Å². The van der Waals surface area contributed by atoms with E-state index >= 15 is 0 Å². The molecule has 160 valence electrons. The van der Waals surface area contributed by atoms with Crippen LogP contribution < -0.4 is 66.7 Å². The number of nitrogens with one attached hydrogen (secondary N) is 1. The Labute approximate surface area is 210 Å². The van der Waals surface area contributed by atoms with Crippen molar-refractivity contribution in [2.45, 2.75) is 13.8 Å². The maximum atomic E-state index is 11.0. The average Bonchev–Trinajstić information content (AvgIpc) is 2.43. The molecule has 1 rings (SSSR count). The first-order valence-corrected chi connectivity index (χ1v) is 11.4. The van der Waals surface area contributed by atoms with Gasteiger partial charge >= 0.3 is 51.4 Å². The van der Waals surface area contributed by atoms with Gasteiger partial charge in [-0.1, -0.05) is 0 Å². The Kier molecular flexibility index (Phi) is 18.9. The van der Waals surface area contributed by atoms with Gasteiger partial charge in [0.05, 0.1) is 6.26 Å². The predicted octanol–water partition coefficient (Wildman–Crippen LogP) is -3.36. The average molecular weight is 490 g/mol. The van der Waals surface area contributed by atoms with Gasteiger partial charge in [0, 0.05) is 31.0 Å². The summed E-state index contributed by atoms with van der Waals surface area (Å²) in [5.74, 6) is 0. The fourth-order valence-corrected chi connectivity index (χ4v) is 2.15. The second-order valence-electron chi connectivity index (χ2n) is 4.95. The SMILES string of the molecule is CCN(CCNS(C)(=O)=O)c1ccc(N)c(C)c1.O=S(=O)([O-])O.O=S(O)O.[K+]. The van der Waals surface area contributed by atoms with Gasteiger partial charge in [0.2, 0.25) is 20.4 Å². The predicted molar refractivity (Wildman–Crippen MR) is 102 cm³/mol. The Bertz CT molecular complexity index is 792. The normalized spacial score (nSPS) is 10.7. The first-order chi connectivity index (χ1) is 12.1. The van der Waals surface area contributed by atoms with Crippen LogP contribution in [0.3, 0.4) is 0 Å². The number of rotatable bonds is 6. The van der Waals surface area contributed by atoms with Crippen molar-refractivity contribution in [1.29, 1.82) is 0 Å². The molecule has 0 radical (unpaired) electrons. The largest absolute Gasteiger partial charge is 1.00 e. The molecule has 0 amide bonds. The Balaban J connectivity index is -0.000000525. The number of nitrogen functional groups attached to an aromatic ring is 1. The molecular formula is C12H24KN3O9S3. The zero-order chi connectivity index (χ0) is 21.8. The molecule has 0 saturated carbocycles. The molecule has 0 saturated heterocycles. The second kappa shape index (κ2) is 16.1. The van der Waals surface area contributed by atoms with E-state index in [1.807, 2.05) is 32.0 Å². The summed E-state index contributed by atoms with van der Waals surface area (Å²) in [6.07, 6.45) is 1.16. The summed E-state index contributed by atoms with van der Waals surface area (Å²) in [5.41, 5.74) is 8.63. The standard InChI is InChI=1S/C12H21N3O2S.K.H2O4S.H2O3S/c1-4-15(8-7-14-18(3,16)17)11-5-6-12(13)10(2)9-11;;1-5(2,3)4;1-4(2)3/h5-6,9,14H,4,7-8,13H2,1-3H3;;(H2,1,2,3,4);(H2,1,2,3)/q;+1;;/p-1. The van der Waals surface area contributed by atoms with Gasteiger partial charge in [-0.25, -0.2) is 21.6 Å². The maximum absolute atomic E-state index is 11.0. The van der Waals surface area contributed by atoms with Crippen LogP contribution in [-0.4, -0.2) is 65.1 Å². The van der Waals surface area contributed by atoms with Crippen molar-refractivity contribution in [3.05, 3.63) is 23.8 Å². The van der Waals surface area contributed by atoms with Crippen LogP contribution in [0.2, 0.25) is 0 Å². The molecule has 0 spiro atoms. The molecule has 0 heterocycles. The Morgan fingerprint density at radius 3 is 2.00 bits per heavy atom. The molecule has 0 aliphatic carbocycles. The fraction of sp³-hybridized carbons (Fsp3) is 0.500. The number of sulfonamides is 1. The van der Waals surface area contributed by atoms with Gasteiger partial charge < -0.3 is 15.2 Å². The monoisotopic (exact) mass is 489 g/mol. The second-order valence-corrected chi connectivity index (χ2v) is 8.10. The molecule has 0 atom stereocenters. The number of aryl methyl sites for hydroxylation is 1. The van der Waals surface area contributed by atoms with Gasteiger partial charge in [-0.05, 0) is 37.6 Å². The van der Waals surface area contributed by atoms with Crippen molar-refractivity contribution in [2.75, 3.05) is 36.5 Å². The van der Waals surface area contributed by atoms with Crippen molar-refractivity contribution in [3.63, 3.8) is 0 Å². The first-order valence-electron chi connectivity index (χ1n) is 7.10. The quantitative estimate of drug-likeness (QED) is 0.0875. The molecule has 0 aliphatic heterocycles. The number of hydrogen-bond donors (Lipinski definition) is 5. The van der Waals surface area contributed by atoms with E-state index in [9.17, 15) is 8.42 Å². The van der Waals surface area contributed by atoms with E-state index in [2.05, 4.69) is 9.62 Å². The number of benzene rings is 1. The van der Waals surface area contributed by atoms with Crippen LogP contribution >= 0.6 is 0 Å². The van der Waals surface area contributed by atoms with Crippen LogP contribution in [0.15, 0.2) is 18.2 Å². The minimum atomic E-state index is -4.92. The van der Waals surface area contributed by atoms with Crippen LogP contribution in [0.5, 0.6) is 0 Å². The first kappa shape index (κ1) is 33.0. The summed E-state index contributed by atoms with van der Waals surface area (Å²) in [6.45, 7) is 5.84. The van der Waals surface area contributed by atoms with E-state index in [4.69, 9.17) is 36.6 Å². The zero-order valence-electron chi connectivity index (χ0n) is 15.9. The van der Waals surface area contributed by atoms with E-state index in [1.165, 1.54) is 0 Å². The minimum Gasteiger partial charge on any atom is -0.726 e. The molecule has 0 aromatic heterocycles. The van der Waals surface area contributed by atoms with Gasteiger partial charge in [-0.2, -0.15) is 4.21 Å². The van der Waals surface area contributed by atoms with E-state index < -0.39 is 31.8 Å². The van der Waals surface area contributed by atoms with Crippen LogP contribution in [0.4, 0.5) is 11.4 Å². The molecule has 0 fully saturated rings. The molecule has 12 nitrogen and oxygen atoms in total. The van der Waals surface area contributed by atoms with E-state index in [1.54, 1.807) is 0 Å². The van der Waals surface area contributed by atoms with Crippen molar-refractivity contribution in [1.82, 2.24) is 4.72 Å². The van der Waals surface area contributed by atoms with Crippen LogP contribution in [-0.2, 0) is 31.8 Å². The van der Waals surface area contributed by atoms with E-state index in [0.717, 1.165) is 29.7 Å². The van der Waals surface area contributed by atoms with E-state index in [-0.39, 0.29) is 51.4 Å². The minimum absolute atomic E-state index is 0. The van der Waals surface area contributed by atoms with Gasteiger partial charge in [0.1, 0.15) is 0 Å². The zero-order valence-corrected chi connectivity index (χ0v) is 21.5. The van der Waals surface area contributed by atoms with Gasteiger partial charge in [-0.15, -0.1) is 0 Å². The molecule has 0 aliphatic rings. The molecule has 16 heteroatoms. The van der Waals surface area contributed by atoms with Gasteiger partial charge in [0.25, 0.3) is 11.4 Å². The van der Waals surface area contributed by atoms with Crippen molar-refractivity contribution >= 4 is 43.2 Å². The third-order valence-electron chi connectivity index (χ3n) is 2.75. The summed E-state index contributed by atoms with van der Waals surface area (Å²) in [7, 11) is -8.04. The smallest absolute Gasteiger partial charge is 0.726 e. The van der Waals surface area contributed by atoms with Gasteiger partial charge in [-0.3, -0.25) is 13.7 Å². The Morgan fingerprint density at radius 1 is 1.25 bits per heavy atom. The van der Waals surface area contributed by atoms with Crippen LogP contribution in [0, 0.1) is 6.92 Å². The molecule has 28 heavy (non-hydrogen) atoms. The topological polar surface area (TPSA) is 210 Å². The summed E-state index contributed by atoms with van der Waals surface area (Å²) in [6, 6.07) is 5.84. The Morgan fingerprint density at radius 2 is 1.68 bits per heavy atom. The van der Waals surface area contributed by atoms with Crippen molar-refractivity contribution in [2.24, 2.45) is 0 Å². The van der Waals surface area contributed by atoms with Crippen LogP contribution in [0.1, 0.15) is 12.5 Å². The van der Waals surface area contributed by atoms with Crippen molar-refractivity contribution < 1.29 is 90.6 Å². The number of hydrogen-bond acceptors (Lipinski definition) is 8. The number of likely N-dealkylation sites (N-methyl/N-ethyl adjacent to an activating group) is 1. The maximum Gasteiger partial charge on any atom is 1.00 e. The Hall–Kier alpha value is 0.306. The summed E-state index contributed by atoms with van der Waals surface area (Å²) in [4.78, 5) is 2.10. The van der Waals surface area contributed by atoms with Crippen LogP contribution in [0.25, 0.3) is 0 Å². The third kappa shape index (κ3) is 24.3. The summed E-state index contributed by atoms with van der Waals surface area (Å²) < 4.78 is 80.1. The number of nitrogens with zero attached hydrogens (tertiary/aromatic N) is 1. The molecule has 6 N–H and O–H groups in total. The third-order valence-corrected chi connectivity index (χ3v) is 3.47. The summed E-state index contributed by atoms with van der Waals surface area (Å²) >= 11 is -2.61. The molecule has 1 aromatic rings. The number of nitrogens with two attached hydrogens (primary N) is 1. The van der Waals surface area contributed by atoms with Crippen molar-refractivity contribution in [3.8, 4) is 0 Å². The fourth-order valence-electron chi connectivity index (χ4n) is 1.69. The van der Waals surface area contributed by atoms with Gasteiger partial charge in [0.15, 0.2) is 0 Å². The molecule has 1 aromatic carbocycles. The molecule has 0 bridgehead atoms. The molecular weight excluding hydrogens is 465 g/mol. The summed E-state index contributed by atoms with van der Waals surface area (Å²) in [5, 5.41) is 0. The number of anilines is 2. The molecule has 0 unspecified atom stereocenters.